The van der Waals surface area contributed by atoms with Crippen LogP contribution in [0.3, 0.4) is 0 Å². The van der Waals surface area contributed by atoms with Crippen molar-refractivity contribution in [1.29, 1.82) is 0 Å². The third kappa shape index (κ3) is 3.91. The van der Waals surface area contributed by atoms with Gasteiger partial charge in [0.05, 0.1) is 18.9 Å². The molecule has 3 heterocycles. The molecular weight excluding hydrogens is 477 g/mol. The van der Waals surface area contributed by atoms with Gasteiger partial charge in [0.25, 0.3) is 17.6 Å². The van der Waals surface area contributed by atoms with Crippen LogP contribution < -0.4 is 4.74 Å². The van der Waals surface area contributed by atoms with Crippen LogP contribution in [0.4, 0.5) is 0 Å². The van der Waals surface area contributed by atoms with E-state index in [0.717, 1.165) is 16.8 Å². The Bertz CT molecular complexity index is 1530. The second-order valence-electron chi connectivity index (χ2n) is 7.50. The van der Waals surface area contributed by atoms with E-state index in [1.54, 1.807) is 19.2 Å². The van der Waals surface area contributed by atoms with Crippen molar-refractivity contribution in [3.63, 3.8) is 0 Å². The summed E-state index contributed by atoms with van der Waals surface area (Å²) in [5.41, 5.74) is 3.24. The van der Waals surface area contributed by atoms with Crippen LogP contribution >= 0.6 is 23.2 Å². The minimum atomic E-state index is -0.403. The quantitative estimate of drug-likeness (QED) is 0.292. The van der Waals surface area contributed by atoms with Crippen LogP contribution in [0.1, 0.15) is 27.5 Å². The van der Waals surface area contributed by atoms with Crippen LogP contribution in [0.2, 0.25) is 10.0 Å². The van der Waals surface area contributed by atoms with Crippen LogP contribution in [0, 0.1) is 6.92 Å². The first kappa shape index (κ1) is 22.1. The van der Waals surface area contributed by atoms with Crippen molar-refractivity contribution >= 4 is 39.9 Å². The van der Waals surface area contributed by atoms with Crippen LogP contribution in [0.15, 0.2) is 59.4 Å². The number of carbonyl (C=O) groups is 1. The maximum absolute atomic E-state index is 13.6. The Morgan fingerprint density at radius 3 is 2.71 bits per heavy atom. The summed E-state index contributed by atoms with van der Waals surface area (Å²) in [6.07, 6.45) is 4.52. The van der Waals surface area contributed by atoms with Crippen molar-refractivity contribution in [3.05, 3.63) is 87.7 Å². The Hall–Kier alpha value is -3.75. The standard InChI is InChI=1S/C24H17Cl2N5O3/c1-13-21(22(32)24-30-29-23(34-24)19-11-27-7-8-28-19)17-10-16(33-2)5-6-20(17)31(13)12-14-3-4-15(25)9-18(14)26/h3-11H,12H2,1-2H3. The van der Waals surface area contributed by atoms with Crippen LogP contribution in [0.25, 0.3) is 22.5 Å². The van der Waals surface area contributed by atoms with Gasteiger partial charge in [0.15, 0.2) is 0 Å². The fourth-order valence-corrected chi connectivity index (χ4v) is 4.30. The number of methoxy groups -OCH3 is 1. The lowest BCUT2D eigenvalue weighted by molar-refractivity contribution is 0.100. The van der Waals surface area contributed by atoms with E-state index in [0.29, 0.717) is 39.0 Å². The molecule has 0 amide bonds. The highest BCUT2D eigenvalue weighted by Crippen LogP contribution is 2.33. The zero-order chi connectivity index (χ0) is 23.8. The summed E-state index contributed by atoms with van der Waals surface area (Å²) in [7, 11) is 1.57. The molecule has 0 atom stereocenters. The molecule has 8 nitrogen and oxygen atoms in total. The Morgan fingerprint density at radius 1 is 1.12 bits per heavy atom. The van der Waals surface area contributed by atoms with Crippen molar-refractivity contribution in [2.24, 2.45) is 0 Å². The number of hydrogen-bond acceptors (Lipinski definition) is 7. The van der Waals surface area contributed by atoms with Crippen LogP contribution in [0.5, 0.6) is 5.75 Å². The number of carbonyl (C=O) groups excluding carboxylic acids is 1. The molecule has 2 aromatic carbocycles. The van der Waals surface area contributed by atoms with Gasteiger partial charge in [-0.3, -0.25) is 9.78 Å². The van der Waals surface area contributed by atoms with Crippen LogP contribution in [-0.2, 0) is 6.54 Å². The highest BCUT2D eigenvalue weighted by atomic mass is 35.5. The van der Waals surface area contributed by atoms with Gasteiger partial charge in [-0.25, -0.2) is 4.98 Å². The smallest absolute Gasteiger partial charge is 0.289 e. The van der Waals surface area contributed by atoms with E-state index in [-0.39, 0.29) is 11.8 Å². The van der Waals surface area contributed by atoms with Gasteiger partial charge in [-0.1, -0.05) is 29.3 Å². The number of hydrogen-bond donors (Lipinski definition) is 0. The molecule has 0 aliphatic rings. The molecule has 0 saturated heterocycles. The molecule has 0 spiro atoms. The van der Waals surface area contributed by atoms with Gasteiger partial charge in [0.1, 0.15) is 11.4 Å². The average molecular weight is 494 g/mol. The second kappa shape index (κ2) is 8.89. The SMILES string of the molecule is COc1ccc2c(c1)c(C(=O)c1nnc(-c3cnccn3)o1)c(C)n2Cc1ccc(Cl)cc1Cl. The molecule has 0 radical (unpaired) electrons. The Labute approximate surface area is 204 Å². The summed E-state index contributed by atoms with van der Waals surface area (Å²) in [5, 5.41) is 9.73. The molecule has 0 unspecified atom stereocenters. The highest BCUT2D eigenvalue weighted by molar-refractivity contribution is 6.35. The summed E-state index contributed by atoms with van der Waals surface area (Å²) >= 11 is 12.5. The molecule has 0 fully saturated rings. The van der Waals surface area contributed by atoms with Crippen molar-refractivity contribution in [1.82, 2.24) is 24.7 Å². The maximum Gasteiger partial charge on any atom is 0.289 e. The van der Waals surface area contributed by atoms with Gasteiger partial charge in [-0.15, -0.1) is 10.2 Å². The summed E-state index contributed by atoms with van der Waals surface area (Å²) in [5.74, 6) is 0.187. The molecule has 0 saturated carbocycles. The lowest BCUT2D eigenvalue weighted by atomic mass is 10.1. The monoisotopic (exact) mass is 493 g/mol. The molecular formula is C24H17Cl2N5O3. The topological polar surface area (TPSA) is 95.9 Å². The lowest BCUT2D eigenvalue weighted by Gasteiger charge is -2.11. The predicted octanol–water partition coefficient (Wildman–Crippen LogP) is 5.38. The Kier molecular flexibility index (Phi) is 5.77. The molecule has 5 aromatic rings. The van der Waals surface area contributed by atoms with Gasteiger partial charge < -0.3 is 13.7 Å². The van der Waals surface area contributed by atoms with Gasteiger partial charge in [-0.05, 0) is 42.8 Å². The van der Waals surface area contributed by atoms with E-state index in [2.05, 4.69) is 20.2 Å². The van der Waals surface area contributed by atoms with E-state index < -0.39 is 5.78 Å². The number of rotatable bonds is 6. The number of benzene rings is 2. The third-order valence-corrected chi connectivity index (χ3v) is 6.09. The normalized spacial score (nSPS) is 11.2. The number of aromatic nitrogens is 5. The summed E-state index contributed by atoms with van der Waals surface area (Å²) < 4.78 is 13.1. The lowest BCUT2D eigenvalue weighted by Crippen LogP contribution is -2.07. The number of ketones is 1. The third-order valence-electron chi connectivity index (χ3n) is 5.50. The van der Waals surface area contributed by atoms with Gasteiger partial charge in [0, 0.05) is 45.6 Å². The Balaban J connectivity index is 1.62. The number of nitrogens with zero attached hydrogens (tertiary/aromatic N) is 5. The highest BCUT2D eigenvalue weighted by Gasteiger charge is 2.26. The first-order valence-electron chi connectivity index (χ1n) is 10.2. The first-order chi connectivity index (χ1) is 16.5. The molecule has 0 bridgehead atoms. The van der Waals surface area contributed by atoms with Crippen molar-refractivity contribution in [2.75, 3.05) is 7.11 Å². The Morgan fingerprint density at radius 2 is 1.97 bits per heavy atom. The molecule has 5 rings (SSSR count). The molecule has 0 N–H and O–H groups in total. The van der Waals surface area contributed by atoms with E-state index in [9.17, 15) is 4.79 Å². The first-order valence-corrected chi connectivity index (χ1v) is 11.0. The molecule has 10 heteroatoms. The van der Waals surface area contributed by atoms with Crippen molar-refractivity contribution < 1.29 is 13.9 Å². The molecule has 0 aliphatic heterocycles. The zero-order valence-corrected chi connectivity index (χ0v) is 19.6. The zero-order valence-electron chi connectivity index (χ0n) is 18.1. The number of halogens is 2. The summed E-state index contributed by atoms with van der Waals surface area (Å²) in [6.45, 7) is 2.30. The van der Waals surface area contributed by atoms with E-state index in [1.807, 2.05) is 35.8 Å². The van der Waals surface area contributed by atoms with Crippen molar-refractivity contribution in [3.8, 4) is 17.3 Å². The summed E-state index contributed by atoms with van der Waals surface area (Å²) in [4.78, 5) is 21.7. The fourth-order valence-electron chi connectivity index (χ4n) is 3.83. The van der Waals surface area contributed by atoms with Gasteiger partial charge in [-0.2, -0.15) is 0 Å². The minimum Gasteiger partial charge on any atom is -0.497 e. The fraction of sp³-hybridized carbons (Fsp3) is 0.125. The van der Waals surface area contributed by atoms with Crippen LogP contribution in [-0.4, -0.2) is 37.6 Å². The molecule has 170 valence electrons. The number of ether oxygens (including phenoxy) is 1. The average Bonchev–Trinajstić information content (AvgIpc) is 3.44. The second-order valence-corrected chi connectivity index (χ2v) is 8.34. The van der Waals surface area contributed by atoms with Gasteiger partial charge in [0.2, 0.25) is 0 Å². The maximum atomic E-state index is 13.6. The van der Waals surface area contributed by atoms with E-state index >= 15 is 0 Å². The van der Waals surface area contributed by atoms with Crippen molar-refractivity contribution in [2.45, 2.75) is 13.5 Å². The minimum absolute atomic E-state index is 0.114. The predicted molar refractivity (Wildman–Crippen MR) is 128 cm³/mol. The van der Waals surface area contributed by atoms with E-state index in [4.69, 9.17) is 32.4 Å². The summed E-state index contributed by atoms with van der Waals surface area (Å²) in [6, 6.07) is 10.9. The largest absolute Gasteiger partial charge is 0.497 e. The molecule has 3 aromatic heterocycles. The van der Waals surface area contributed by atoms with Gasteiger partial charge >= 0.3 is 0 Å². The molecule has 34 heavy (non-hydrogen) atoms. The van der Waals surface area contributed by atoms with E-state index in [1.165, 1.54) is 18.6 Å². The number of fused-ring (bicyclic) bond motifs is 1. The molecule has 0 aliphatic carbocycles.